The van der Waals surface area contributed by atoms with Gasteiger partial charge in [-0.3, -0.25) is 14.3 Å². The highest BCUT2D eigenvalue weighted by Gasteiger charge is 2.02. The number of aliphatic carboxylic acids is 1. The fourth-order valence-electron chi connectivity index (χ4n) is 0.739. The highest BCUT2D eigenvalue weighted by Crippen LogP contribution is 1.82. The van der Waals surface area contributed by atoms with Crippen molar-refractivity contribution in [2.75, 3.05) is 0 Å². The summed E-state index contributed by atoms with van der Waals surface area (Å²) < 4.78 is 13.0. The zero-order valence-electron chi connectivity index (χ0n) is 6.24. The maximum Gasteiger partial charge on any atom is 0.328 e. The third kappa shape index (κ3) is 2.01. The summed E-state index contributed by atoms with van der Waals surface area (Å²) >= 11 is 0. The predicted molar refractivity (Wildman–Crippen MR) is 36.3 cm³/mol. The Kier molecular flexibility index (Phi) is 2.27. The number of carboxylic acid groups (broad SMARTS) is 1. The molecule has 0 atom stereocenters. The van der Waals surface area contributed by atoms with Crippen molar-refractivity contribution in [1.29, 1.82) is 0 Å². The van der Waals surface area contributed by atoms with Crippen LogP contribution in [0.15, 0.2) is 15.8 Å². The highest BCUT2D eigenvalue weighted by molar-refractivity contribution is 5.63. The lowest BCUT2D eigenvalue weighted by Crippen LogP contribution is -2.37. The van der Waals surface area contributed by atoms with Crippen molar-refractivity contribution in [2.24, 2.45) is 0 Å². The van der Waals surface area contributed by atoms with Gasteiger partial charge in [0.2, 0.25) is 5.82 Å². The molecule has 1 N–H and O–H groups in total. The minimum absolute atomic E-state index is 0.492. The van der Waals surface area contributed by atoms with E-state index < -0.39 is 29.6 Å². The molecule has 0 aromatic carbocycles. The van der Waals surface area contributed by atoms with Crippen molar-refractivity contribution < 1.29 is 14.3 Å². The van der Waals surface area contributed by atoms with E-state index in [0.717, 1.165) is 0 Å². The van der Waals surface area contributed by atoms with Crippen molar-refractivity contribution in [3.8, 4) is 0 Å². The van der Waals surface area contributed by atoms with E-state index in [2.05, 4.69) is 0 Å². The predicted octanol–water partition coefficient (Wildman–Crippen LogP) is -2.57. The maximum absolute atomic E-state index is 12.5. The van der Waals surface area contributed by atoms with Crippen molar-refractivity contribution in [3.05, 3.63) is 32.9 Å². The van der Waals surface area contributed by atoms with Crippen LogP contribution in [0.4, 0.5) is 4.39 Å². The molecule has 0 aliphatic carbocycles. The third-order valence-corrected chi connectivity index (χ3v) is 1.27. The van der Waals surface area contributed by atoms with Crippen molar-refractivity contribution >= 4 is 5.97 Å². The normalized spacial score (nSPS) is 9.92. The summed E-state index contributed by atoms with van der Waals surface area (Å²) in [5.41, 5.74) is -2.17. The molecule has 0 unspecified atom stereocenters. The SMILES string of the molecule is O=C([O-])Cn1cc(F)c(=O)[nH]c1=O. The van der Waals surface area contributed by atoms with Crippen LogP contribution in [0.3, 0.4) is 0 Å². The Bertz CT molecular complexity index is 447. The van der Waals surface area contributed by atoms with Crippen molar-refractivity contribution in [3.63, 3.8) is 0 Å². The van der Waals surface area contributed by atoms with Gasteiger partial charge < -0.3 is 9.90 Å². The number of aromatic amines is 1. The molecule has 13 heavy (non-hydrogen) atoms. The number of aromatic nitrogens is 2. The maximum atomic E-state index is 12.5. The highest BCUT2D eigenvalue weighted by atomic mass is 19.1. The van der Waals surface area contributed by atoms with Crippen molar-refractivity contribution in [1.82, 2.24) is 9.55 Å². The van der Waals surface area contributed by atoms with Crippen LogP contribution in [0.25, 0.3) is 0 Å². The molecule has 70 valence electrons. The summed E-state index contributed by atoms with van der Waals surface area (Å²) in [7, 11) is 0. The molecule has 1 rings (SSSR count). The van der Waals surface area contributed by atoms with Gasteiger partial charge in [0.1, 0.15) is 0 Å². The molecule has 0 amide bonds. The lowest BCUT2D eigenvalue weighted by atomic mass is 10.5. The molecule has 0 spiro atoms. The molecular formula is C6H4FN2O4-. The van der Waals surface area contributed by atoms with Crippen LogP contribution in [0, 0.1) is 5.82 Å². The van der Waals surface area contributed by atoms with Crippen LogP contribution in [0.2, 0.25) is 0 Å². The zero-order chi connectivity index (χ0) is 10.0. The van der Waals surface area contributed by atoms with Crippen LogP contribution >= 0.6 is 0 Å². The first kappa shape index (κ1) is 9.17. The molecule has 1 heterocycles. The average molecular weight is 187 g/mol. The summed E-state index contributed by atoms with van der Waals surface area (Å²) in [5, 5.41) is 10.0. The molecule has 0 bridgehead atoms. The molecule has 1 aromatic heterocycles. The minimum Gasteiger partial charge on any atom is -0.548 e. The quantitative estimate of drug-likeness (QED) is 0.550. The van der Waals surface area contributed by atoms with E-state index in [4.69, 9.17) is 0 Å². The van der Waals surface area contributed by atoms with E-state index in [0.29, 0.717) is 10.8 Å². The topological polar surface area (TPSA) is 95.0 Å². The fraction of sp³-hybridized carbons (Fsp3) is 0.167. The van der Waals surface area contributed by atoms with Gasteiger partial charge in [-0.05, 0) is 0 Å². The van der Waals surface area contributed by atoms with Crippen LogP contribution in [0.1, 0.15) is 0 Å². The number of hydrogen-bond donors (Lipinski definition) is 1. The van der Waals surface area contributed by atoms with Gasteiger partial charge in [0, 0.05) is 0 Å². The van der Waals surface area contributed by atoms with E-state index in [1.807, 2.05) is 0 Å². The average Bonchev–Trinajstić information content (AvgIpc) is 1.99. The van der Waals surface area contributed by atoms with Crippen LogP contribution in [0.5, 0.6) is 0 Å². The van der Waals surface area contributed by atoms with Gasteiger partial charge in [0.15, 0.2) is 0 Å². The number of hydrogen-bond acceptors (Lipinski definition) is 4. The second-order valence-corrected chi connectivity index (χ2v) is 2.24. The molecule has 0 aliphatic rings. The monoisotopic (exact) mass is 187 g/mol. The van der Waals surface area contributed by atoms with Gasteiger partial charge >= 0.3 is 5.69 Å². The standard InChI is InChI=1S/C6H5FN2O4/c7-3-1-9(2-4(10)11)6(13)8-5(3)12/h1H,2H2,(H,10,11)(H,8,12,13)/p-1. The molecule has 0 fully saturated rings. The van der Waals surface area contributed by atoms with E-state index in [1.54, 1.807) is 4.98 Å². The Morgan fingerprint density at radius 1 is 1.62 bits per heavy atom. The Hall–Kier alpha value is -1.92. The number of carboxylic acids is 1. The van der Waals surface area contributed by atoms with Gasteiger partial charge in [0.05, 0.1) is 18.7 Å². The summed E-state index contributed by atoms with van der Waals surface area (Å²) in [4.78, 5) is 32.9. The third-order valence-electron chi connectivity index (χ3n) is 1.27. The molecule has 0 aliphatic heterocycles. The minimum atomic E-state index is -1.55. The number of nitrogens with zero attached hydrogens (tertiary/aromatic N) is 1. The summed E-state index contributed by atoms with van der Waals surface area (Å²) in [5.74, 6) is -2.77. The number of carbonyl (C=O) groups excluding carboxylic acids is 1. The lowest BCUT2D eigenvalue weighted by Gasteiger charge is -2.04. The van der Waals surface area contributed by atoms with E-state index in [1.165, 1.54) is 0 Å². The zero-order valence-corrected chi connectivity index (χ0v) is 6.24. The summed E-state index contributed by atoms with van der Waals surface area (Å²) in [6, 6.07) is 0. The lowest BCUT2D eigenvalue weighted by molar-refractivity contribution is -0.306. The van der Waals surface area contributed by atoms with E-state index in [9.17, 15) is 23.9 Å². The molecule has 1 aromatic rings. The van der Waals surface area contributed by atoms with Crippen LogP contribution in [-0.4, -0.2) is 15.5 Å². The van der Waals surface area contributed by atoms with E-state index >= 15 is 0 Å². The number of H-pyrrole nitrogens is 1. The molecule has 0 radical (unpaired) electrons. The fourth-order valence-corrected chi connectivity index (χ4v) is 0.739. The first-order valence-electron chi connectivity index (χ1n) is 3.20. The van der Waals surface area contributed by atoms with Gasteiger partial charge in [-0.2, -0.15) is 4.39 Å². The van der Waals surface area contributed by atoms with E-state index in [-0.39, 0.29) is 0 Å². The second kappa shape index (κ2) is 3.21. The molecule has 0 saturated carbocycles. The molecule has 7 heteroatoms. The molecule has 0 saturated heterocycles. The summed E-state index contributed by atoms with van der Waals surface area (Å²) in [6.45, 7) is -0.799. The first-order valence-corrected chi connectivity index (χ1v) is 3.20. The Labute approximate surface area is 70.3 Å². The Morgan fingerprint density at radius 3 is 2.77 bits per heavy atom. The summed E-state index contributed by atoms with van der Waals surface area (Å²) in [6.07, 6.45) is 0.511. The number of carbonyl (C=O) groups is 1. The van der Waals surface area contributed by atoms with Crippen LogP contribution < -0.4 is 16.4 Å². The Balaban J connectivity index is 3.24. The number of rotatable bonds is 2. The largest absolute Gasteiger partial charge is 0.548 e. The van der Waals surface area contributed by atoms with Gasteiger partial charge in [0.25, 0.3) is 5.56 Å². The smallest absolute Gasteiger partial charge is 0.328 e. The van der Waals surface area contributed by atoms with Gasteiger partial charge in [-0.1, -0.05) is 0 Å². The number of nitrogens with one attached hydrogen (secondary N) is 1. The second-order valence-electron chi connectivity index (χ2n) is 2.24. The Morgan fingerprint density at radius 2 is 2.23 bits per heavy atom. The molecule has 6 nitrogen and oxygen atoms in total. The van der Waals surface area contributed by atoms with Gasteiger partial charge in [-0.15, -0.1) is 0 Å². The number of halogens is 1. The van der Waals surface area contributed by atoms with Crippen LogP contribution in [-0.2, 0) is 11.3 Å². The molecular weight excluding hydrogens is 183 g/mol. The van der Waals surface area contributed by atoms with Gasteiger partial charge in [-0.25, -0.2) is 4.79 Å². The first-order chi connectivity index (χ1) is 6.00. The van der Waals surface area contributed by atoms with Crippen molar-refractivity contribution in [2.45, 2.75) is 6.54 Å².